The van der Waals surface area contributed by atoms with E-state index in [1.54, 1.807) is 0 Å². The van der Waals surface area contributed by atoms with Crippen LogP contribution in [0.1, 0.15) is 47.5 Å². The first kappa shape index (κ1) is 13.1. The topological polar surface area (TPSA) is 0 Å². The van der Waals surface area contributed by atoms with Crippen LogP contribution in [0.4, 0.5) is 0 Å². The van der Waals surface area contributed by atoms with Crippen molar-refractivity contribution in [1.29, 1.82) is 0 Å². The van der Waals surface area contributed by atoms with E-state index >= 15 is 0 Å². The second-order valence-corrected chi connectivity index (χ2v) is 6.92. The molecule has 0 spiro atoms. The lowest BCUT2D eigenvalue weighted by Gasteiger charge is -2.20. The lowest BCUT2D eigenvalue weighted by Crippen LogP contribution is -2.11. The minimum absolute atomic E-state index is 0.397. The van der Waals surface area contributed by atoms with Gasteiger partial charge in [-0.05, 0) is 24.5 Å². The molecule has 0 nitrogen and oxygen atoms in total. The van der Waals surface area contributed by atoms with Crippen molar-refractivity contribution in [1.82, 2.24) is 0 Å². The molecular formula is C12H24S. The van der Waals surface area contributed by atoms with E-state index in [-0.39, 0.29) is 0 Å². The van der Waals surface area contributed by atoms with Gasteiger partial charge in [0.05, 0.1) is 0 Å². The van der Waals surface area contributed by atoms with Gasteiger partial charge in [0, 0.05) is 4.75 Å². The van der Waals surface area contributed by atoms with Crippen molar-refractivity contribution >= 4 is 11.8 Å². The summed E-state index contributed by atoms with van der Waals surface area (Å²) >= 11 is 1.93. The van der Waals surface area contributed by atoms with Crippen molar-refractivity contribution in [2.75, 3.05) is 6.26 Å². The summed E-state index contributed by atoms with van der Waals surface area (Å²) in [5, 5.41) is 0. The van der Waals surface area contributed by atoms with Crippen LogP contribution < -0.4 is 0 Å². The molecule has 0 N–H and O–H groups in total. The molecule has 0 saturated carbocycles. The highest BCUT2D eigenvalue weighted by Crippen LogP contribution is 2.26. The van der Waals surface area contributed by atoms with Crippen molar-refractivity contribution in [2.45, 2.75) is 52.2 Å². The van der Waals surface area contributed by atoms with E-state index in [0.717, 1.165) is 0 Å². The standard InChI is InChI=1S/C12H24S/c1-11(2,3)9-7-8-10-12(4,5)13-6/h7-8H,9-10H2,1-6H3. The zero-order valence-corrected chi connectivity index (χ0v) is 10.8. The van der Waals surface area contributed by atoms with Gasteiger partial charge in [0.1, 0.15) is 0 Å². The van der Waals surface area contributed by atoms with Gasteiger partial charge in [-0.25, -0.2) is 0 Å². The monoisotopic (exact) mass is 200 g/mol. The first-order chi connectivity index (χ1) is 5.77. The van der Waals surface area contributed by atoms with Crippen LogP contribution in [0.2, 0.25) is 0 Å². The Bertz CT molecular complexity index is 160. The fraction of sp³-hybridized carbons (Fsp3) is 0.833. The molecule has 78 valence electrons. The van der Waals surface area contributed by atoms with Crippen molar-refractivity contribution in [2.24, 2.45) is 5.41 Å². The molecule has 0 bridgehead atoms. The van der Waals surface area contributed by atoms with Gasteiger partial charge in [-0.3, -0.25) is 0 Å². The van der Waals surface area contributed by atoms with Gasteiger partial charge in [-0.1, -0.05) is 46.8 Å². The van der Waals surface area contributed by atoms with Crippen LogP contribution in [0.15, 0.2) is 12.2 Å². The highest BCUT2D eigenvalue weighted by atomic mass is 32.2. The molecule has 1 heteroatoms. The molecule has 0 atom stereocenters. The van der Waals surface area contributed by atoms with E-state index in [0.29, 0.717) is 10.2 Å². The summed E-state index contributed by atoms with van der Waals surface area (Å²) in [4.78, 5) is 0. The molecule has 0 aliphatic rings. The van der Waals surface area contributed by atoms with Gasteiger partial charge in [0.25, 0.3) is 0 Å². The Morgan fingerprint density at radius 1 is 0.923 bits per heavy atom. The smallest absolute Gasteiger partial charge is 0.0135 e. The molecule has 0 saturated heterocycles. The highest BCUT2D eigenvalue weighted by Gasteiger charge is 2.13. The minimum Gasteiger partial charge on any atom is -0.159 e. The number of hydrogen-bond acceptors (Lipinski definition) is 1. The van der Waals surface area contributed by atoms with Crippen molar-refractivity contribution in [3.63, 3.8) is 0 Å². The van der Waals surface area contributed by atoms with E-state index in [9.17, 15) is 0 Å². The SMILES string of the molecule is CSC(C)(C)CC=CCC(C)(C)C. The Kier molecular flexibility index (Phi) is 5.13. The van der Waals surface area contributed by atoms with Crippen LogP contribution in [0.5, 0.6) is 0 Å². The number of allylic oxidation sites excluding steroid dienone is 2. The third-order valence-electron chi connectivity index (χ3n) is 2.06. The highest BCUT2D eigenvalue weighted by molar-refractivity contribution is 7.99. The van der Waals surface area contributed by atoms with Gasteiger partial charge < -0.3 is 0 Å². The van der Waals surface area contributed by atoms with E-state index < -0.39 is 0 Å². The Morgan fingerprint density at radius 2 is 1.38 bits per heavy atom. The summed E-state index contributed by atoms with van der Waals surface area (Å²) < 4.78 is 0.397. The third kappa shape index (κ3) is 8.42. The molecule has 0 aromatic rings. The van der Waals surface area contributed by atoms with Gasteiger partial charge in [-0.2, -0.15) is 11.8 Å². The number of hydrogen-bond donors (Lipinski definition) is 0. The lowest BCUT2D eigenvalue weighted by atomic mass is 9.92. The minimum atomic E-state index is 0.397. The zero-order valence-electron chi connectivity index (χ0n) is 9.98. The van der Waals surface area contributed by atoms with Gasteiger partial charge in [-0.15, -0.1) is 0 Å². The first-order valence-corrected chi connectivity index (χ1v) is 6.19. The molecule has 0 aliphatic heterocycles. The molecule has 0 heterocycles. The summed E-state index contributed by atoms with van der Waals surface area (Å²) in [5.41, 5.74) is 0.431. The summed E-state index contributed by atoms with van der Waals surface area (Å²) in [7, 11) is 0. The quantitative estimate of drug-likeness (QED) is 0.602. The van der Waals surface area contributed by atoms with Crippen LogP contribution in [0.25, 0.3) is 0 Å². The Balaban J connectivity index is 3.77. The Hall–Kier alpha value is 0.0900. The largest absolute Gasteiger partial charge is 0.159 e. The Labute approximate surface area is 88.2 Å². The van der Waals surface area contributed by atoms with Crippen LogP contribution in [-0.2, 0) is 0 Å². The molecule has 0 aromatic carbocycles. The Morgan fingerprint density at radius 3 is 1.77 bits per heavy atom. The maximum atomic E-state index is 2.32. The van der Waals surface area contributed by atoms with Crippen LogP contribution in [-0.4, -0.2) is 11.0 Å². The molecule has 0 fully saturated rings. The second-order valence-electron chi connectivity index (χ2n) is 5.40. The molecule has 0 rings (SSSR count). The molecule has 13 heavy (non-hydrogen) atoms. The van der Waals surface area contributed by atoms with Gasteiger partial charge >= 0.3 is 0 Å². The maximum absolute atomic E-state index is 2.32. The fourth-order valence-electron chi connectivity index (χ4n) is 0.887. The summed E-state index contributed by atoms with van der Waals surface area (Å²) in [5.74, 6) is 0. The van der Waals surface area contributed by atoms with Crippen LogP contribution in [0, 0.1) is 5.41 Å². The molecule has 0 amide bonds. The molecule has 0 unspecified atom stereocenters. The van der Waals surface area contributed by atoms with E-state index in [1.807, 2.05) is 11.8 Å². The number of thioether (sulfide) groups is 1. The fourth-order valence-corrected chi connectivity index (χ4v) is 1.15. The summed E-state index contributed by atoms with van der Waals surface area (Å²) in [6, 6.07) is 0. The summed E-state index contributed by atoms with van der Waals surface area (Å²) in [6.45, 7) is 11.4. The van der Waals surface area contributed by atoms with Crippen LogP contribution in [0.3, 0.4) is 0 Å². The lowest BCUT2D eigenvalue weighted by molar-refractivity contribution is 0.420. The number of rotatable bonds is 4. The summed E-state index contributed by atoms with van der Waals surface area (Å²) in [6.07, 6.45) is 9.17. The molecule has 0 radical (unpaired) electrons. The molecule has 0 aliphatic carbocycles. The average Bonchev–Trinajstić information content (AvgIpc) is 1.97. The first-order valence-electron chi connectivity index (χ1n) is 4.97. The molecule has 0 aromatic heterocycles. The van der Waals surface area contributed by atoms with Crippen LogP contribution >= 0.6 is 11.8 Å². The zero-order chi connectivity index (χ0) is 10.5. The molecular weight excluding hydrogens is 176 g/mol. The third-order valence-corrected chi connectivity index (χ3v) is 3.33. The second kappa shape index (κ2) is 5.09. The van der Waals surface area contributed by atoms with Gasteiger partial charge in [0.2, 0.25) is 0 Å². The van der Waals surface area contributed by atoms with Gasteiger partial charge in [0.15, 0.2) is 0 Å². The van der Waals surface area contributed by atoms with Crippen molar-refractivity contribution < 1.29 is 0 Å². The normalized spacial score (nSPS) is 14.0. The van der Waals surface area contributed by atoms with E-state index in [1.165, 1.54) is 12.8 Å². The van der Waals surface area contributed by atoms with E-state index in [4.69, 9.17) is 0 Å². The van der Waals surface area contributed by atoms with E-state index in [2.05, 4.69) is 53.0 Å². The predicted molar refractivity (Wildman–Crippen MR) is 65.4 cm³/mol. The average molecular weight is 200 g/mol. The van der Waals surface area contributed by atoms with Crippen molar-refractivity contribution in [3.8, 4) is 0 Å². The maximum Gasteiger partial charge on any atom is 0.0135 e. The van der Waals surface area contributed by atoms with Crippen molar-refractivity contribution in [3.05, 3.63) is 12.2 Å². The predicted octanol–water partition coefficient (Wildman–Crippen LogP) is 4.51.